The lowest BCUT2D eigenvalue weighted by atomic mass is 9.99. The van der Waals surface area contributed by atoms with Crippen LogP contribution in [0.2, 0.25) is 0 Å². The summed E-state index contributed by atoms with van der Waals surface area (Å²) in [5.41, 5.74) is 17.5. The maximum absolute atomic E-state index is 13.7. The summed E-state index contributed by atoms with van der Waals surface area (Å²) in [6.45, 7) is 9.33. The van der Waals surface area contributed by atoms with Crippen LogP contribution in [0.3, 0.4) is 0 Å². The fraction of sp³-hybridized carbons (Fsp3) is 0.647. The minimum Gasteiger partial charge on any atom is -0.508 e. The van der Waals surface area contributed by atoms with Gasteiger partial charge in [0.05, 0.1) is 0 Å². The van der Waals surface area contributed by atoms with Crippen molar-refractivity contribution in [2.24, 2.45) is 29.0 Å². The van der Waals surface area contributed by atoms with E-state index < -0.39 is 65.7 Å². The van der Waals surface area contributed by atoms with Crippen molar-refractivity contribution >= 4 is 35.4 Å². The number of phenolic OH excluding ortho intramolecular Hbond substituents is 1. The van der Waals surface area contributed by atoms with Crippen LogP contribution in [-0.2, 0) is 35.2 Å². The number of carbonyl (C=O) groups is 6. The number of rotatable bonds is 23. The van der Waals surface area contributed by atoms with E-state index in [9.17, 15) is 33.9 Å². The van der Waals surface area contributed by atoms with Gasteiger partial charge >= 0.3 is 0 Å². The van der Waals surface area contributed by atoms with E-state index in [0.717, 1.165) is 0 Å². The standard InChI is InChI=1S/C34H58N8O7/c1-20(2)18-28(33(48)40-27(30(37)45)19-23-12-14-24(44)15-13-23)41-31(46)26(11-7-9-17-36)39-34(49)29(21(3)4)42-32(47)25(38-22(5)43)10-6-8-16-35/h12-15,20-21,25-29,44H,6-11,16-19,35-36H2,1-5H3,(H2,37,45)(H,38,43)(H,39,49)(H,40,48)(H,41,46)(H,42,47)/t25-,26-,27-,28-,29-/m0/s1. The van der Waals surface area contributed by atoms with E-state index in [4.69, 9.17) is 17.2 Å². The molecule has 0 unspecified atom stereocenters. The van der Waals surface area contributed by atoms with Gasteiger partial charge in [0.2, 0.25) is 35.4 Å². The number of nitrogens with one attached hydrogen (secondary N) is 5. The highest BCUT2D eigenvalue weighted by molar-refractivity contribution is 5.96. The Morgan fingerprint density at radius 2 is 1.12 bits per heavy atom. The van der Waals surface area contributed by atoms with Gasteiger partial charge in [-0.3, -0.25) is 28.8 Å². The minimum absolute atomic E-state index is 0.0348. The highest BCUT2D eigenvalue weighted by Crippen LogP contribution is 2.13. The van der Waals surface area contributed by atoms with Gasteiger partial charge in [-0.1, -0.05) is 39.8 Å². The first-order valence-electron chi connectivity index (χ1n) is 17.0. The third-order valence-corrected chi connectivity index (χ3v) is 7.84. The summed E-state index contributed by atoms with van der Waals surface area (Å²) in [5, 5.41) is 23.1. The molecule has 1 rings (SSSR count). The third-order valence-electron chi connectivity index (χ3n) is 7.84. The van der Waals surface area contributed by atoms with Crippen molar-refractivity contribution < 1.29 is 33.9 Å². The zero-order valence-corrected chi connectivity index (χ0v) is 29.6. The highest BCUT2D eigenvalue weighted by Gasteiger charge is 2.33. The van der Waals surface area contributed by atoms with Crippen molar-refractivity contribution in [2.75, 3.05) is 13.1 Å². The summed E-state index contributed by atoms with van der Waals surface area (Å²) in [4.78, 5) is 78.0. The number of phenols is 1. The third kappa shape index (κ3) is 16.6. The van der Waals surface area contributed by atoms with Crippen molar-refractivity contribution in [1.29, 1.82) is 0 Å². The Labute approximate surface area is 289 Å². The molecular weight excluding hydrogens is 632 g/mol. The molecule has 0 spiro atoms. The Morgan fingerprint density at radius 1 is 0.653 bits per heavy atom. The van der Waals surface area contributed by atoms with Gasteiger partial charge in [0.15, 0.2) is 0 Å². The van der Waals surface area contributed by atoms with Crippen LogP contribution in [0.1, 0.15) is 85.1 Å². The molecule has 6 amide bonds. The summed E-state index contributed by atoms with van der Waals surface area (Å²) in [6.07, 6.45) is 3.18. The second kappa shape index (κ2) is 22.4. The number of primary amides is 1. The maximum Gasteiger partial charge on any atom is 0.243 e. The monoisotopic (exact) mass is 690 g/mol. The van der Waals surface area contributed by atoms with Crippen LogP contribution < -0.4 is 43.8 Å². The number of aromatic hydroxyl groups is 1. The molecule has 0 heterocycles. The molecule has 0 aromatic heterocycles. The number of carbonyl (C=O) groups excluding carboxylic acids is 6. The quantitative estimate of drug-likeness (QED) is 0.0689. The molecule has 49 heavy (non-hydrogen) atoms. The van der Waals surface area contributed by atoms with Gasteiger partial charge in [-0.15, -0.1) is 0 Å². The molecule has 0 aliphatic carbocycles. The van der Waals surface area contributed by atoms with E-state index in [0.29, 0.717) is 50.8 Å². The van der Waals surface area contributed by atoms with Crippen LogP contribution in [-0.4, -0.2) is 83.8 Å². The van der Waals surface area contributed by atoms with Crippen LogP contribution in [0.15, 0.2) is 24.3 Å². The van der Waals surface area contributed by atoms with Gasteiger partial charge in [0, 0.05) is 13.3 Å². The lowest BCUT2D eigenvalue weighted by Gasteiger charge is -2.28. The fourth-order valence-corrected chi connectivity index (χ4v) is 5.16. The first-order valence-corrected chi connectivity index (χ1v) is 17.0. The number of hydrogen-bond acceptors (Lipinski definition) is 9. The van der Waals surface area contributed by atoms with E-state index in [-0.39, 0.29) is 36.8 Å². The second-order valence-electron chi connectivity index (χ2n) is 13.1. The molecule has 15 nitrogen and oxygen atoms in total. The van der Waals surface area contributed by atoms with Crippen molar-refractivity contribution in [3.05, 3.63) is 29.8 Å². The SMILES string of the molecule is CC(=O)N[C@@H](CCCCN)C(=O)N[C@H](C(=O)N[C@@H](CCCCN)C(=O)N[C@@H](CC(C)C)C(=O)N[C@@H](Cc1ccc(O)cc1)C(N)=O)C(C)C. The zero-order chi connectivity index (χ0) is 37.1. The van der Waals surface area contributed by atoms with Crippen LogP contribution in [0.25, 0.3) is 0 Å². The van der Waals surface area contributed by atoms with E-state index in [2.05, 4.69) is 26.6 Å². The van der Waals surface area contributed by atoms with Gasteiger partial charge in [-0.05, 0) is 87.6 Å². The van der Waals surface area contributed by atoms with Crippen LogP contribution in [0, 0.1) is 11.8 Å². The van der Waals surface area contributed by atoms with Crippen molar-refractivity contribution in [2.45, 2.75) is 116 Å². The highest BCUT2D eigenvalue weighted by atomic mass is 16.3. The smallest absolute Gasteiger partial charge is 0.243 e. The molecule has 1 aromatic carbocycles. The van der Waals surface area contributed by atoms with Crippen molar-refractivity contribution in [3.63, 3.8) is 0 Å². The summed E-state index contributed by atoms with van der Waals surface area (Å²) in [6, 6.07) is 1.00. The number of benzene rings is 1. The summed E-state index contributed by atoms with van der Waals surface area (Å²) in [7, 11) is 0. The Kier molecular flexibility index (Phi) is 19.6. The number of amides is 6. The molecule has 15 heteroatoms. The van der Waals surface area contributed by atoms with E-state index in [1.807, 2.05) is 13.8 Å². The van der Waals surface area contributed by atoms with Crippen molar-refractivity contribution in [1.82, 2.24) is 26.6 Å². The fourth-order valence-electron chi connectivity index (χ4n) is 5.16. The lowest BCUT2D eigenvalue weighted by molar-refractivity contribution is -0.135. The van der Waals surface area contributed by atoms with Crippen molar-refractivity contribution in [3.8, 4) is 5.75 Å². The average Bonchev–Trinajstić information content (AvgIpc) is 3.02. The van der Waals surface area contributed by atoms with Crippen LogP contribution in [0.5, 0.6) is 5.75 Å². The Balaban J connectivity index is 3.17. The minimum atomic E-state index is -1.09. The molecule has 0 bridgehead atoms. The normalized spacial score (nSPS) is 14.2. The Bertz CT molecular complexity index is 1230. The summed E-state index contributed by atoms with van der Waals surface area (Å²) in [5.74, 6) is -3.91. The van der Waals surface area contributed by atoms with Gasteiger partial charge in [-0.25, -0.2) is 0 Å². The predicted molar refractivity (Wildman–Crippen MR) is 186 cm³/mol. The molecule has 276 valence electrons. The predicted octanol–water partition coefficient (Wildman–Crippen LogP) is -0.176. The molecular formula is C34H58N8O7. The zero-order valence-electron chi connectivity index (χ0n) is 29.6. The Hall–Kier alpha value is -4.24. The lowest BCUT2D eigenvalue weighted by Crippen LogP contribution is -2.60. The number of nitrogens with two attached hydrogens (primary N) is 3. The number of hydrogen-bond donors (Lipinski definition) is 9. The molecule has 0 saturated carbocycles. The second-order valence-corrected chi connectivity index (χ2v) is 13.1. The number of unbranched alkanes of at least 4 members (excludes halogenated alkanes) is 2. The van der Waals surface area contributed by atoms with Gasteiger partial charge < -0.3 is 48.9 Å². The van der Waals surface area contributed by atoms with Gasteiger partial charge in [0.25, 0.3) is 0 Å². The topological polar surface area (TPSA) is 261 Å². The molecule has 0 fully saturated rings. The molecule has 1 aromatic rings. The molecule has 0 radical (unpaired) electrons. The average molecular weight is 691 g/mol. The summed E-state index contributed by atoms with van der Waals surface area (Å²) >= 11 is 0. The molecule has 12 N–H and O–H groups in total. The largest absolute Gasteiger partial charge is 0.508 e. The van der Waals surface area contributed by atoms with Crippen LogP contribution >= 0.6 is 0 Å². The van der Waals surface area contributed by atoms with Crippen LogP contribution in [0.4, 0.5) is 0 Å². The Morgan fingerprint density at radius 3 is 1.59 bits per heavy atom. The maximum atomic E-state index is 13.7. The molecule has 0 aliphatic rings. The first-order chi connectivity index (χ1) is 23.1. The molecule has 5 atom stereocenters. The van der Waals surface area contributed by atoms with Gasteiger partial charge in [0.1, 0.15) is 36.0 Å². The van der Waals surface area contributed by atoms with E-state index in [1.54, 1.807) is 26.0 Å². The van der Waals surface area contributed by atoms with Gasteiger partial charge in [-0.2, -0.15) is 0 Å². The molecule has 0 aliphatic heterocycles. The summed E-state index contributed by atoms with van der Waals surface area (Å²) < 4.78 is 0. The molecule has 0 saturated heterocycles. The first kappa shape index (κ1) is 42.8. The van der Waals surface area contributed by atoms with E-state index in [1.165, 1.54) is 19.1 Å². The van der Waals surface area contributed by atoms with E-state index >= 15 is 0 Å².